The lowest BCUT2D eigenvalue weighted by atomic mass is 9.96. The smallest absolute Gasteiger partial charge is 0.250 e. The van der Waals surface area contributed by atoms with Crippen molar-refractivity contribution < 1.29 is 32.2 Å². The van der Waals surface area contributed by atoms with E-state index in [-0.39, 0.29) is 19.8 Å². The first-order chi connectivity index (χ1) is 24.1. The summed E-state index contributed by atoms with van der Waals surface area (Å²) in [5.41, 5.74) is 5.85. The van der Waals surface area contributed by atoms with E-state index in [0.29, 0.717) is 59.4 Å². The number of hydrogen-bond acceptors (Lipinski definition) is 10. The fraction of sp³-hybridized carbons (Fsp3) is 0.324. The minimum absolute atomic E-state index is 0.116. The van der Waals surface area contributed by atoms with Crippen LogP contribution < -0.4 is 23.7 Å². The minimum atomic E-state index is -3.72. The number of hydrogen-bond donors (Lipinski definition) is 1. The molecule has 50 heavy (non-hydrogen) atoms. The van der Waals surface area contributed by atoms with E-state index in [4.69, 9.17) is 30.5 Å². The summed E-state index contributed by atoms with van der Waals surface area (Å²) in [6.45, 7) is 4.30. The number of nitrogens with one attached hydrogen (secondary N) is 1. The molecule has 1 saturated heterocycles. The number of sulfonamides is 1. The molecule has 1 amide bonds. The molecule has 0 bridgehead atoms. The van der Waals surface area contributed by atoms with Gasteiger partial charge in [-0.25, -0.2) is 8.42 Å². The topological polar surface area (TPSA) is 140 Å². The number of aromatic nitrogens is 1. The lowest BCUT2D eigenvalue weighted by Crippen LogP contribution is -2.50. The lowest BCUT2D eigenvalue weighted by molar-refractivity contribution is -0.126. The maximum Gasteiger partial charge on any atom is 0.250 e. The van der Waals surface area contributed by atoms with Crippen molar-refractivity contribution in [3.63, 3.8) is 0 Å². The minimum Gasteiger partial charge on any atom is -0.488 e. The molecule has 0 saturated carbocycles. The normalized spacial score (nSPS) is 15.9. The van der Waals surface area contributed by atoms with Crippen LogP contribution in [0.2, 0.25) is 5.02 Å². The van der Waals surface area contributed by atoms with Gasteiger partial charge in [0.2, 0.25) is 10.0 Å². The summed E-state index contributed by atoms with van der Waals surface area (Å²) >= 11 is 6.83. The van der Waals surface area contributed by atoms with Gasteiger partial charge in [0.1, 0.15) is 44.0 Å². The molecule has 3 heterocycles. The van der Waals surface area contributed by atoms with Crippen molar-refractivity contribution in [3.05, 3.63) is 99.8 Å². The molecule has 4 aromatic rings. The number of halogens is 1. The largest absolute Gasteiger partial charge is 0.488 e. The van der Waals surface area contributed by atoms with E-state index in [2.05, 4.69) is 21.8 Å². The average molecular weight is 717 g/mol. The van der Waals surface area contributed by atoms with Crippen molar-refractivity contribution in [3.8, 4) is 40.2 Å². The Hall–Kier alpha value is -4.83. The summed E-state index contributed by atoms with van der Waals surface area (Å²) in [6.07, 6.45) is 6.24. The van der Waals surface area contributed by atoms with Gasteiger partial charge < -0.3 is 18.9 Å². The number of ether oxygens (including phenoxy) is 4. The number of nitrogens with zero attached hydrogens (tertiary/aromatic N) is 3. The van der Waals surface area contributed by atoms with Crippen LogP contribution in [-0.4, -0.2) is 56.3 Å². The third-order valence-electron chi connectivity index (χ3n) is 8.69. The number of benzene rings is 3. The molecule has 11 nitrogen and oxygen atoms in total. The Labute approximate surface area is 296 Å². The Balaban J connectivity index is 1.26. The number of amides is 1. The second-order valence-electron chi connectivity index (χ2n) is 12.3. The average Bonchev–Trinajstić information content (AvgIpc) is 3.10. The summed E-state index contributed by atoms with van der Waals surface area (Å²) in [4.78, 5) is 19.0. The van der Waals surface area contributed by atoms with Crippen LogP contribution >= 0.6 is 11.6 Å². The van der Waals surface area contributed by atoms with Gasteiger partial charge >= 0.3 is 0 Å². The van der Waals surface area contributed by atoms with E-state index in [1.165, 1.54) is 6.20 Å². The second kappa shape index (κ2) is 15.4. The van der Waals surface area contributed by atoms with Crippen molar-refractivity contribution in [2.75, 3.05) is 26.0 Å². The quantitative estimate of drug-likeness (QED) is 0.198. The van der Waals surface area contributed by atoms with Crippen LogP contribution in [0.4, 0.5) is 0 Å². The number of piperidine rings is 1. The highest BCUT2D eigenvalue weighted by molar-refractivity contribution is 7.89. The fourth-order valence-corrected chi connectivity index (χ4v) is 6.94. The van der Waals surface area contributed by atoms with E-state index in [9.17, 15) is 18.5 Å². The first-order valence-corrected chi connectivity index (χ1v) is 18.5. The maximum atomic E-state index is 13.0. The number of carbonyl (C=O) groups excluding carboxylic acids is 1. The summed E-state index contributed by atoms with van der Waals surface area (Å²) < 4.78 is 49.9. The maximum absolute atomic E-state index is 13.0. The van der Waals surface area contributed by atoms with E-state index in [1.54, 1.807) is 24.4 Å². The van der Waals surface area contributed by atoms with Gasteiger partial charge in [-0.05, 0) is 72.8 Å². The molecule has 1 N–H and O–H groups in total. The van der Waals surface area contributed by atoms with Crippen LogP contribution in [0, 0.1) is 18.3 Å². The monoisotopic (exact) mass is 716 g/mol. The molecule has 3 aromatic carbocycles. The Bertz CT molecular complexity index is 2050. The van der Waals surface area contributed by atoms with Gasteiger partial charge in [0, 0.05) is 36.1 Å². The van der Waals surface area contributed by atoms with Gasteiger partial charge in [0.15, 0.2) is 11.5 Å². The Morgan fingerprint density at radius 3 is 2.62 bits per heavy atom. The van der Waals surface area contributed by atoms with E-state index in [1.807, 2.05) is 42.2 Å². The summed E-state index contributed by atoms with van der Waals surface area (Å²) in [7, 11) is -3.72. The zero-order valence-corrected chi connectivity index (χ0v) is 29.4. The third-order valence-corrected chi connectivity index (χ3v) is 9.56. The lowest BCUT2D eigenvalue weighted by Gasteiger charge is -2.34. The van der Waals surface area contributed by atoms with Gasteiger partial charge in [-0.15, -0.1) is 0 Å². The number of carbonyl (C=O) groups is 1. The van der Waals surface area contributed by atoms with Crippen molar-refractivity contribution in [2.24, 2.45) is 0 Å². The third kappa shape index (κ3) is 8.48. The molecule has 260 valence electrons. The van der Waals surface area contributed by atoms with Crippen LogP contribution in [-0.2, 0) is 34.6 Å². The number of likely N-dealkylation sites (tertiary alicyclic amines) is 1. The summed E-state index contributed by atoms with van der Waals surface area (Å²) in [5.74, 6) is 1.77. The van der Waals surface area contributed by atoms with Gasteiger partial charge in [-0.3, -0.25) is 19.4 Å². The summed E-state index contributed by atoms with van der Waals surface area (Å²) in [6, 6.07) is 18.6. The standard InChI is InChI=1S/C37H37ClN4O7S/c1-24-28(6-5-7-30(24)27-9-10-33-36(16-27)47-13-12-46-33)23-49-35-17-34(48-22-26-14-25(18-39)19-40-20-26)29(15-31(35)38)21-42-11-4-3-8-32(42)37(43)41-50(2,44)45/h5-7,9-10,14-17,19-20,32H,3-4,8,11-13,21-23H2,1-2H3,(H,41,43). The van der Waals surface area contributed by atoms with Gasteiger partial charge in [-0.1, -0.05) is 42.3 Å². The number of pyridine rings is 1. The molecule has 0 spiro atoms. The molecular weight excluding hydrogens is 680 g/mol. The van der Waals surface area contributed by atoms with Crippen LogP contribution in [0.15, 0.2) is 67.0 Å². The Morgan fingerprint density at radius 1 is 1.02 bits per heavy atom. The van der Waals surface area contributed by atoms with Crippen LogP contribution in [0.3, 0.4) is 0 Å². The number of fused-ring (bicyclic) bond motifs is 1. The van der Waals surface area contributed by atoms with E-state index < -0.39 is 22.0 Å². The van der Waals surface area contributed by atoms with Crippen LogP contribution in [0.5, 0.6) is 23.0 Å². The van der Waals surface area contributed by atoms with Crippen LogP contribution in [0.25, 0.3) is 11.1 Å². The van der Waals surface area contributed by atoms with Gasteiger partial charge in [0.25, 0.3) is 5.91 Å². The molecule has 1 fully saturated rings. The molecular formula is C37H37ClN4O7S. The summed E-state index contributed by atoms with van der Waals surface area (Å²) in [5, 5.41) is 9.69. The van der Waals surface area contributed by atoms with Crippen molar-refractivity contribution >= 4 is 27.5 Å². The van der Waals surface area contributed by atoms with Gasteiger partial charge in [0.05, 0.1) is 22.9 Å². The molecule has 6 rings (SSSR count). The Kier molecular flexibility index (Phi) is 10.8. The predicted octanol–water partition coefficient (Wildman–Crippen LogP) is 5.94. The van der Waals surface area contributed by atoms with Crippen LogP contribution in [0.1, 0.15) is 47.1 Å². The zero-order chi connectivity index (χ0) is 35.3. The first-order valence-electron chi connectivity index (χ1n) is 16.2. The zero-order valence-electron chi connectivity index (χ0n) is 27.8. The van der Waals surface area contributed by atoms with Crippen molar-refractivity contribution in [1.29, 1.82) is 5.26 Å². The molecule has 13 heteroatoms. The molecule has 1 unspecified atom stereocenters. The Morgan fingerprint density at radius 2 is 1.82 bits per heavy atom. The molecule has 2 aliphatic heterocycles. The number of rotatable bonds is 11. The SMILES string of the molecule is Cc1c(COc2cc(OCc3cncc(C#N)c3)c(CN3CCCCC3C(=O)NS(C)(=O)=O)cc2Cl)cccc1-c1ccc2c(c1)OCCO2. The van der Waals surface area contributed by atoms with E-state index >= 15 is 0 Å². The molecule has 2 aliphatic rings. The molecule has 0 radical (unpaired) electrons. The van der Waals surface area contributed by atoms with E-state index in [0.717, 1.165) is 52.9 Å². The molecule has 0 aliphatic carbocycles. The van der Waals surface area contributed by atoms with Crippen molar-refractivity contribution in [2.45, 2.75) is 52.0 Å². The first kappa shape index (κ1) is 35.0. The highest BCUT2D eigenvalue weighted by Crippen LogP contribution is 2.38. The predicted molar refractivity (Wildman–Crippen MR) is 188 cm³/mol. The highest BCUT2D eigenvalue weighted by atomic mass is 35.5. The molecule has 1 aromatic heterocycles. The van der Waals surface area contributed by atoms with Crippen molar-refractivity contribution in [1.82, 2.24) is 14.6 Å². The number of nitriles is 1. The fourth-order valence-electron chi connectivity index (χ4n) is 6.20. The molecule has 1 atom stereocenters. The highest BCUT2D eigenvalue weighted by Gasteiger charge is 2.31. The van der Waals surface area contributed by atoms with Gasteiger partial charge in [-0.2, -0.15) is 5.26 Å². The second-order valence-corrected chi connectivity index (χ2v) is 14.5.